The van der Waals surface area contributed by atoms with Crippen LogP contribution in [0.25, 0.3) is 0 Å². The zero-order valence-electron chi connectivity index (χ0n) is 8.34. The molecule has 8 heteroatoms. The first-order valence-electron chi connectivity index (χ1n) is 4.49. The summed E-state index contributed by atoms with van der Waals surface area (Å²) in [5.74, 6) is 0.363. The second-order valence-electron chi connectivity index (χ2n) is 2.85. The topological polar surface area (TPSA) is 87.3 Å². The average molecular weight is 248 g/mol. The van der Waals surface area contributed by atoms with Gasteiger partial charge in [0, 0.05) is 5.88 Å². The summed E-state index contributed by atoms with van der Waals surface area (Å²) in [5.41, 5.74) is -0.767. The van der Waals surface area contributed by atoms with Crippen LogP contribution < -0.4 is 5.69 Å². The molecule has 88 valence electrons. The minimum absolute atomic E-state index is 0.213. The molecule has 0 fully saturated rings. The third kappa shape index (κ3) is 3.59. The predicted octanol–water partition coefficient (Wildman–Crippen LogP) is 0.407. The van der Waals surface area contributed by atoms with E-state index in [1.807, 2.05) is 0 Å². The maximum absolute atomic E-state index is 11.2. The second-order valence-corrected chi connectivity index (χ2v) is 3.22. The quantitative estimate of drug-likeness (QED) is 0.314. The Morgan fingerprint density at radius 3 is 2.94 bits per heavy atom. The highest BCUT2D eigenvalue weighted by Gasteiger charge is 2.08. The number of nitrogens with zero attached hydrogens (tertiary/aromatic N) is 3. The molecule has 0 saturated heterocycles. The third-order valence-electron chi connectivity index (χ3n) is 1.75. The molecule has 0 aliphatic carbocycles. The molecule has 1 rings (SSSR count). The molecule has 0 atom stereocenters. The van der Waals surface area contributed by atoms with Gasteiger partial charge >= 0.3 is 11.4 Å². The van der Waals surface area contributed by atoms with E-state index in [-0.39, 0.29) is 18.8 Å². The van der Waals surface area contributed by atoms with Crippen molar-refractivity contribution in [3.63, 3.8) is 0 Å². The van der Waals surface area contributed by atoms with Gasteiger partial charge in [0.1, 0.15) is 6.20 Å². The molecular formula is C8H10ClN3O4. The summed E-state index contributed by atoms with van der Waals surface area (Å²) in [6, 6.07) is 0. The molecule has 0 unspecified atom stereocenters. The number of alkyl halides is 1. The zero-order valence-corrected chi connectivity index (χ0v) is 9.09. The Morgan fingerprint density at radius 1 is 1.56 bits per heavy atom. The molecule has 0 N–H and O–H groups in total. The van der Waals surface area contributed by atoms with E-state index in [2.05, 4.69) is 4.98 Å². The summed E-state index contributed by atoms with van der Waals surface area (Å²) in [4.78, 5) is 24.4. The largest absolute Gasteiger partial charge is 0.378 e. The number of ether oxygens (including phenoxy) is 1. The summed E-state index contributed by atoms with van der Waals surface area (Å²) in [7, 11) is 0. The molecule has 0 aliphatic heterocycles. The molecule has 7 nitrogen and oxygen atoms in total. The van der Waals surface area contributed by atoms with Gasteiger partial charge in [-0.2, -0.15) is 4.98 Å². The van der Waals surface area contributed by atoms with Crippen molar-refractivity contribution in [1.29, 1.82) is 0 Å². The Kier molecular flexibility index (Phi) is 4.87. The molecule has 0 spiro atoms. The molecule has 1 aromatic rings. The first kappa shape index (κ1) is 12.6. The molecule has 16 heavy (non-hydrogen) atoms. The van der Waals surface area contributed by atoms with E-state index in [1.54, 1.807) is 0 Å². The van der Waals surface area contributed by atoms with Crippen LogP contribution in [0, 0.1) is 10.1 Å². The van der Waals surface area contributed by atoms with Crippen LogP contribution >= 0.6 is 11.6 Å². The maximum atomic E-state index is 11.2. The number of aromatic nitrogens is 2. The van der Waals surface area contributed by atoms with Crippen molar-refractivity contribution in [1.82, 2.24) is 9.55 Å². The van der Waals surface area contributed by atoms with E-state index in [9.17, 15) is 14.9 Å². The molecule has 1 heterocycles. The molecule has 0 bridgehead atoms. The Labute approximate surface area is 95.8 Å². The number of halogens is 1. The zero-order chi connectivity index (χ0) is 12.0. The Morgan fingerprint density at radius 2 is 2.31 bits per heavy atom. The van der Waals surface area contributed by atoms with Gasteiger partial charge in [-0.15, -0.1) is 11.6 Å². The number of rotatable bonds is 6. The lowest BCUT2D eigenvalue weighted by Gasteiger charge is -2.04. The average Bonchev–Trinajstić information content (AvgIpc) is 2.26. The van der Waals surface area contributed by atoms with E-state index in [0.717, 1.165) is 17.0 Å². The van der Waals surface area contributed by atoms with Gasteiger partial charge in [0.25, 0.3) is 0 Å². The maximum Gasteiger partial charge on any atom is 0.348 e. The third-order valence-corrected chi connectivity index (χ3v) is 1.90. The molecule has 0 amide bonds. The summed E-state index contributed by atoms with van der Waals surface area (Å²) in [6.45, 7) is 0.846. The van der Waals surface area contributed by atoms with Crippen molar-refractivity contribution in [2.75, 3.05) is 19.1 Å². The van der Waals surface area contributed by atoms with Gasteiger partial charge in [0.05, 0.1) is 30.9 Å². The van der Waals surface area contributed by atoms with Crippen LogP contribution in [0.15, 0.2) is 17.2 Å². The van der Waals surface area contributed by atoms with Crippen molar-refractivity contribution < 1.29 is 9.66 Å². The van der Waals surface area contributed by atoms with Gasteiger partial charge in [-0.3, -0.25) is 14.7 Å². The summed E-state index contributed by atoms with van der Waals surface area (Å²) < 4.78 is 6.18. The monoisotopic (exact) mass is 247 g/mol. The highest BCUT2D eigenvalue weighted by atomic mass is 35.5. The van der Waals surface area contributed by atoms with Gasteiger partial charge in [0.2, 0.25) is 0 Å². The van der Waals surface area contributed by atoms with Gasteiger partial charge < -0.3 is 4.74 Å². The molecule has 0 aromatic carbocycles. The summed E-state index contributed by atoms with van der Waals surface area (Å²) in [5, 5.41) is 10.4. The fourth-order valence-electron chi connectivity index (χ4n) is 1.02. The summed E-state index contributed by atoms with van der Waals surface area (Å²) >= 11 is 5.39. The SMILES string of the molecule is O=c1ncc([N+](=O)[O-])cn1CCOCCCl. The minimum Gasteiger partial charge on any atom is -0.378 e. The van der Waals surface area contributed by atoms with Crippen LogP contribution in [0.2, 0.25) is 0 Å². The van der Waals surface area contributed by atoms with Crippen LogP contribution in [-0.2, 0) is 11.3 Å². The highest BCUT2D eigenvalue weighted by Crippen LogP contribution is 2.04. The lowest BCUT2D eigenvalue weighted by molar-refractivity contribution is -0.385. The van der Waals surface area contributed by atoms with Crippen LogP contribution in [0.5, 0.6) is 0 Å². The van der Waals surface area contributed by atoms with Crippen molar-refractivity contribution in [3.8, 4) is 0 Å². The minimum atomic E-state index is -0.609. The van der Waals surface area contributed by atoms with Crippen molar-refractivity contribution in [3.05, 3.63) is 33.0 Å². The van der Waals surface area contributed by atoms with Crippen LogP contribution in [-0.4, -0.2) is 33.6 Å². The molecular weight excluding hydrogens is 238 g/mol. The van der Waals surface area contributed by atoms with Crippen molar-refractivity contribution in [2.24, 2.45) is 0 Å². The normalized spacial score (nSPS) is 10.3. The molecule has 0 radical (unpaired) electrons. The number of hydrogen-bond donors (Lipinski definition) is 0. The van der Waals surface area contributed by atoms with Gasteiger partial charge in [-0.25, -0.2) is 4.79 Å². The smallest absolute Gasteiger partial charge is 0.348 e. The van der Waals surface area contributed by atoms with Gasteiger partial charge in [-0.05, 0) is 0 Å². The fourth-order valence-corrected chi connectivity index (χ4v) is 1.13. The van der Waals surface area contributed by atoms with Crippen LogP contribution in [0.4, 0.5) is 5.69 Å². The lowest BCUT2D eigenvalue weighted by Crippen LogP contribution is -2.24. The van der Waals surface area contributed by atoms with Crippen molar-refractivity contribution >= 4 is 17.3 Å². The molecule has 0 aliphatic rings. The van der Waals surface area contributed by atoms with E-state index < -0.39 is 10.6 Å². The van der Waals surface area contributed by atoms with E-state index in [1.165, 1.54) is 0 Å². The second kappa shape index (κ2) is 6.19. The van der Waals surface area contributed by atoms with Gasteiger partial charge in [0.15, 0.2) is 0 Å². The molecule has 1 aromatic heterocycles. The fraction of sp³-hybridized carbons (Fsp3) is 0.500. The van der Waals surface area contributed by atoms with E-state index in [0.29, 0.717) is 12.5 Å². The standard InChI is InChI=1S/C8H10ClN3O4/c9-1-3-16-4-2-11-6-7(12(14)15)5-10-8(11)13/h5-6H,1-4H2. The Bertz CT molecular complexity index is 420. The van der Waals surface area contributed by atoms with E-state index in [4.69, 9.17) is 16.3 Å². The van der Waals surface area contributed by atoms with Crippen LogP contribution in [0.1, 0.15) is 0 Å². The number of nitro groups is 1. The highest BCUT2D eigenvalue weighted by molar-refractivity contribution is 6.17. The number of hydrogen-bond acceptors (Lipinski definition) is 5. The van der Waals surface area contributed by atoms with Crippen molar-refractivity contribution in [2.45, 2.75) is 6.54 Å². The molecule has 0 saturated carbocycles. The Hall–Kier alpha value is -1.47. The first-order chi connectivity index (χ1) is 7.65. The lowest BCUT2D eigenvalue weighted by atomic mass is 10.5. The summed E-state index contributed by atoms with van der Waals surface area (Å²) in [6.07, 6.45) is 2.07. The predicted molar refractivity (Wildman–Crippen MR) is 56.7 cm³/mol. The first-order valence-corrected chi connectivity index (χ1v) is 5.03. The van der Waals surface area contributed by atoms with Crippen LogP contribution in [0.3, 0.4) is 0 Å². The van der Waals surface area contributed by atoms with Gasteiger partial charge in [-0.1, -0.05) is 0 Å². The Balaban J connectivity index is 2.67. The van der Waals surface area contributed by atoms with E-state index >= 15 is 0 Å².